The number of likely N-dealkylation sites (N-methyl/N-ethyl adjacent to an activating group) is 1. The first-order valence-electron chi connectivity index (χ1n) is 7.03. The van der Waals surface area contributed by atoms with Crippen LogP contribution in [0.3, 0.4) is 0 Å². The molecule has 0 saturated carbocycles. The third-order valence-corrected chi connectivity index (χ3v) is 3.70. The van der Waals surface area contributed by atoms with E-state index >= 15 is 0 Å². The third-order valence-electron chi connectivity index (χ3n) is 3.46. The molecule has 0 aliphatic heterocycles. The molecule has 21 heavy (non-hydrogen) atoms. The van der Waals surface area contributed by atoms with Gasteiger partial charge in [-0.05, 0) is 31.8 Å². The molecule has 0 aliphatic rings. The van der Waals surface area contributed by atoms with Crippen molar-refractivity contribution in [2.75, 3.05) is 27.2 Å². The van der Waals surface area contributed by atoms with Gasteiger partial charge in [0, 0.05) is 36.3 Å². The van der Waals surface area contributed by atoms with Gasteiger partial charge in [-0.1, -0.05) is 24.6 Å². The largest absolute Gasteiger partial charge is 0.492 e. The number of ether oxygens (including phenoxy) is 1. The predicted octanol–water partition coefficient (Wildman–Crippen LogP) is 3.17. The molecule has 2 rings (SSSR count). The normalized spacial score (nSPS) is 12.7. The maximum atomic E-state index is 6.11. The highest BCUT2D eigenvalue weighted by molar-refractivity contribution is 6.30. The summed E-state index contributed by atoms with van der Waals surface area (Å²) in [6.07, 6.45) is 3.92. The van der Waals surface area contributed by atoms with Crippen LogP contribution in [0.4, 0.5) is 0 Å². The van der Waals surface area contributed by atoms with E-state index in [1.165, 1.54) is 0 Å². The van der Waals surface area contributed by atoms with E-state index in [-0.39, 0.29) is 5.92 Å². The van der Waals surface area contributed by atoms with Crippen molar-refractivity contribution in [3.63, 3.8) is 0 Å². The highest BCUT2D eigenvalue weighted by Gasteiger charge is 2.16. The molecule has 5 heteroatoms. The van der Waals surface area contributed by atoms with E-state index in [4.69, 9.17) is 16.3 Å². The lowest BCUT2D eigenvalue weighted by Gasteiger charge is -2.18. The molecule has 0 saturated heterocycles. The number of halogens is 1. The van der Waals surface area contributed by atoms with Crippen molar-refractivity contribution in [1.29, 1.82) is 0 Å². The summed E-state index contributed by atoms with van der Waals surface area (Å²) in [5, 5.41) is 4.93. The maximum absolute atomic E-state index is 6.11. The highest BCUT2D eigenvalue weighted by Crippen LogP contribution is 2.33. The van der Waals surface area contributed by atoms with E-state index < -0.39 is 0 Å². The van der Waals surface area contributed by atoms with Gasteiger partial charge in [0.1, 0.15) is 12.4 Å². The van der Waals surface area contributed by atoms with Gasteiger partial charge in [-0.2, -0.15) is 5.10 Å². The van der Waals surface area contributed by atoms with Crippen LogP contribution in [0.1, 0.15) is 24.0 Å². The smallest absolute Gasteiger partial charge is 0.124 e. The van der Waals surface area contributed by atoms with Crippen LogP contribution in [0, 0.1) is 0 Å². The summed E-state index contributed by atoms with van der Waals surface area (Å²) in [6.45, 7) is 3.66. The van der Waals surface area contributed by atoms with Gasteiger partial charge in [0.15, 0.2) is 0 Å². The quantitative estimate of drug-likeness (QED) is 0.821. The van der Waals surface area contributed by atoms with E-state index in [0.717, 1.165) is 23.4 Å². The number of rotatable bonds is 6. The Hall–Kier alpha value is -1.52. The Morgan fingerprint density at radius 2 is 2.14 bits per heavy atom. The number of nitrogens with zero attached hydrogens (tertiary/aromatic N) is 3. The topological polar surface area (TPSA) is 30.3 Å². The minimum Gasteiger partial charge on any atom is -0.492 e. The van der Waals surface area contributed by atoms with Crippen molar-refractivity contribution in [3.05, 3.63) is 46.7 Å². The fourth-order valence-electron chi connectivity index (χ4n) is 2.17. The van der Waals surface area contributed by atoms with Gasteiger partial charge >= 0.3 is 0 Å². The molecule has 4 nitrogen and oxygen atoms in total. The lowest BCUT2D eigenvalue weighted by Crippen LogP contribution is -2.19. The standard InChI is InChI=1S/C16H22ClN3O/c1-12(13-10-18-20(4)11-13)15-6-5-14(17)9-16(15)21-8-7-19(2)3/h5-6,9-12H,7-8H2,1-4H3. The first kappa shape index (κ1) is 15.9. The number of aromatic nitrogens is 2. The molecule has 0 aliphatic carbocycles. The van der Waals surface area contributed by atoms with Crippen LogP contribution >= 0.6 is 11.6 Å². The van der Waals surface area contributed by atoms with Crippen LogP contribution in [-0.2, 0) is 7.05 Å². The predicted molar refractivity (Wildman–Crippen MR) is 86.2 cm³/mol. The summed E-state index contributed by atoms with van der Waals surface area (Å²) in [4.78, 5) is 2.09. The second kappa shape index (κ2) is 6.96. The Kier molecular flexibility index (Phi) is 5.26. The molecule has 0 bridgehead atoms. The Balaban J connectivity index is 2.21. The van der Waals surface area contributed by atoms with Crippen molar-refractivity contribution in [1.82, 2.24) is 14.7 Å². The summed E-state index contributed by atoms with van der Waals surface area (Å²) >= 11 is 6.11. The lowest BCUT2D eigenvalue weighted by molar-refractivity contribution is 0.259. The molecule has 1 aromatic heterocycles. The van der Waals surface area contributed by atoms with Gasteiger partial charge in [0.2, 0.25) is 0 Å². The van der Waals surface area contributed by atoms with Crippen LogP contribution in [0.25, 0.3) is 0 Å². The van der Waals surface area contributed by atoms with Gasteiger partial charge < -0.3 is 9.64 Å². The summed E-state index contributed by atoms with van der Waals surface area (Å²) < 4.78 is 7.74. The van der Waals surface area contributed by atoms with Gasteiger partial charge in [0.05, 0.1) is 6.20 Å². The summed E-state index contributed by atoms with van der Waals surface area (Å²) in [7, 11) is 5.98. The fraction of sp³-hybridized carbons (Fsp3) is 0.438. The summed E-state index contributed by atoms with van der Waals surface area (Å²) in [5.74, 6) is 1.06. The van der Waals surface area contributed by atoms with Crippen molar-refractivity contribution in [2.24, 2.45) is 7.05 Å². The second-order valence-electron chi connectivity index (χ2n) is 5.50. The molecular weight excluding hydrogens is 286 g/mol. The zero-order valence-electron chi connectivity index (χ0n) is 13.0. The van der Waals surface area contributed by atoms with E-state index in [0.29, 0.717) is 11.6 Å². The molecule has 1 heterocycles. The van der Waals surface area contributed by atoms with Gasteiger partial charge in [0.25, 0.3) is 0 Å². The number of benzene rings is 1. The zero-order valence-corrected chi connectivity index (χ0v) is 13.8. The average Bonchev–Trinajstić information content (AvgIpc) is 2.84. The van der Waals surface area contributed by atoms with E-state index in [2.05, 4.69) is 16.9 Å². The molecule has 1 aromatic carbocycles. The monoisotopic (exact) mass is 307 g/mol. The molecule has 0 spiro atoms. The average molecular weight is 308 g/mol. The van der Waals surface area contributed by atoms with Crippen molar-refractivity contribution >= 4 is 11.6 Å². The molecule has 0 amide bonds. The molecule has 114 valence electrons. The minimum atomic E-state index is 0.213. The number of hydrogen-bond acceptors (Lipinski definition) is 3. The van der Waals surface area contributed by atoms with Crippen LogP contribution < -0.4 is 4.74 Å². The summed E-state index contributed by atoms with van der Waals surface area (Å²) in [5.41, 5.74) is 2.29. The molecule has 0 radical (unpaired) electrons. The first-order valence-corrected chi connectivity index (χ1v) is 7.40. The first-order chi connectivity index (χ1) is 9.97. The van der Waals surface area contributed by atoms with Crippen LogP contribution in [-0.4, -0.2) is 41.9 Å². The molecular formula is C16H22ClN3O. The molecule has 0 N–H and O–H groups in total. The van der Waals surface area contributed by atoms with Gasteiger partial charge in [-0.3, -0.25) is 4.68 Å². The Labute approximate surface area is 131 Å². The van der Waals surface area contributed by atoms with Gasteiger partial charge in [-0.25, -0.2) is 0 Å². The zero-order chi connectivity index (χ0) is 15.4. The Morgan fingerprint density at radius 1 is 1.38 bits per heavy atom. The van der Waals surface area contributed by atoms with Crippen LogP contribution in [0.2, 0.25) is 5.02 Å². The lowest BCUT2D eigenvalue weighted by atomic mass is 9.95. The third kappa shape index (κ3) is 4.22. The SMILES string of the molecule is CC(c1cnn(C)c1)c1ccc(Cl)cc1OCCN(C)C. The highest BCUT2D eigenvalue weighted by atomic mass is 35.5. The Bertz CT molecular complexity index is 595. The molecule has 1 atom stereocenters. The van der Waals surface area contributed by atoms with Crippen molar-refractivity contribution in [3.8, 4) is 5.75 Å². The van der Waals surface area contributed by atoms with E-state index in [1.807, 2.05) is 56.4 Å². The Morgan fingerprint density at radius 3 is 2.76 bits per heavy atom. The minimum absolute atomic E-state index is 0.213. The number of aryl methyl sites for hydroxylation is 1. The van der Waals surface area contributed by atoms with Crippen molar-refractivity contribution < 1.29 is 4.74 Å². The molecule has 0 fully saturated rings. The number of hydrogen-bond donors (Lipinski definition) is 0. The maximum Gasteiger partial charge on any atom is 0.124 e. The van der Waals surface area contributed by atoms with Crippen LogP contribution in [0.5, 0.6) is 5.75 Å². The fourth-order valence-corrected chi connectivity index (χ4v) is 2.33. The van der Waals surface area contributed by atoms with Crippen molar-refractivity contribution in [2.45, 2.75) is 12.8 Å². The molecule has 1 unspecified atom stereocenters. The van der Waals surface area contributed by atoms with E-state index in [1.54, 1.807) is 0 Å². The van der Waals surface area contributed by atoms with Crippen LogP contribution in [0.15, 0.2) is 30.6 Å². The summed E-state index contributed by atoms with van der Waals surface area (Å²) in [6, 6.07) is 5.83. The van der Waals surface area contributed by atoms with E-state index in [9.17, 15) is 0 Å². The second-order valence-corrected chi connectivity index (χ2v) is 5.94. The van der Waals surface area contributed by atoms with Gasteiger partial charge in [-0.15, -0.1) is 0 Å². The molecule has 2 aromatic rings.